The average molecular weight is 318 g/mol. The summed E-state index contributed by atoms with van der Waals surface area (Å²) < 4.78 is 5.52. The molecule has 5 heteroatoms. The topological polar surface area (TPSA) is 58.6 Å². The maximum atomic E-state index is 12.6. The van der Waals surface area contributed by atoms with Crippen molar-refractivity contribution >= 4 is 12.0 Å². The minimum absolute atomic E-state index is 0.0932. The summed E-state index contributed by atoms with van der Waals surface area (Å²) in [7, 11) is 0. The Morgan fingerprint density at radius 3 is 2.61 bits per heavy atom. The lowest BCUT2D eigenvalue weighted by Gasteiger charge is -2.32. The molecule has 2 amide bonds. The van der Waals surface area contributed by atoms with Crippen LogP contribution >= 0.6 is 0 Å². The fourth-order valence-electron chi connectivity index (χ4n) is 2.62. The van der Waals surface area contributed by atoms with Crippen LogP contribution in [0.25, 0.3) is 0 Å². The van der Waals surface area contributed by atoms with E-state index in [9.17, 15) is 9.59 Å². The first-order chi connectivity index (χ1) is 10.9. The molecule has 126 valence electrons. The molecular formula is C18H26N2O3. The van der Waals surface area contributed by atoms with E-state index in [0.29, 0.717) is 19.5 Å². The van der Waals surface area contributed by atoms with Crippen LogP contribution in [0.15, 0.2) is 30.3 Å². The zero-order valence-electron chi connectivity index (χ0n) is 14.2. The van der Waals surface area contributed by atoms with E-state index in [1.165, 1.54) is 0 Å². The molecule has 5 nitrogen and oxygen atoms in total. The van der Waals surface area contributed by atoms with Crippen LogP contribution in [0.1, 0.15) is 45.6 Å². The molecular weight excluding hydrogens is 292 g/mol. The van der Waals surface area contributed by atoms with Crippen molar-refractivity contribution in [3.8, 4) is 0 Å². The largest absolute Gasteiger partial charge is 0.444 e. The van der Waals surface area contributed by atoms with E-state index >= 15 is 0 Å². The van der Waals surface area contributed by atoms with Gasteiger partial charge in [-0.15, -0.1) is 0 Å². The molecule has 0 aliphatic carbocycles. The fraction of sp³-hybridized carbons (Fsp3) is 0.556. The van der Waals surface area contributed by atoms with Crippen molar-refractivity contribution in [1.82, 2.24) is 10.2 Å². The van der Waals surface area contributed by atoms with Crippen molar-refractivity contribution in [2.45, 2.75) is 58.2 Å². The third-order valence-corrected chi connectivity index (χ3v) is 3.71. The Balaban J connectivity index is 2.22. The molecule has 1 aliphatic heterocycles. The van der Waals surface area contributed by atoms with Crippen molar-refractivity contribution in [3.63, 3.8) is 0 Å². The van der Waals surface area contributed by atoms with Gasteiger partial charge in [0.1, 0.15) is 11.6 Å². The Hall–Kier alpha value is -2.04. The van der Waals surface area contributed by atoms with Crippen LogP contribution in [-0.4, -0.2) is 35.1 Å². The van der Waals surface area contributed by atoms with Gasteiger partial charge in [-0.3, -0.25) is 9.69 Å². The smallest absolute Gasteiger partial charge is 0.411 e. The second-order valence-corrected chi connectivity index (χ2v) is 6.90. The Labute approximate surface area is 138 Å². The quantitative estimate of drug-likeness (QED) is 0.931. The number of amides is 2. The van der Waals surface area contributed by atoms with Crippen molar-refractivity contribution < 1.29 is 14.3 Å². The molecule has 0 radical (unpaired) electrons. The SMILES string of the molecule is CC(C)(C)OC(=O)N(Cc1ccccc1)C1CCCCNC1=O. The molecule has 23 heavy (non-hydrogen) atoms. The lowest BCUT2D eigenvalue weighted by Crippen LogP contribution is -2.49. The lowest BCUT2D eigenvalue weighted by atomic mass is 10.1. The third-order valence-electron chi connectivity index (χ3n) is 3.71. The second kappa shape index (κ2) is 7.49. The predicted octanol–water partition coefficient (Wildman–Crippen LogP) is 3.09. The number of hydrogen-bond donors (Lipinski definition) is 1. The first-order valence-electron chi connectivity index (χ1n) is 8.18. The Morgan fingerprint density at radius 2 is 1.96 bits per heavy atom. The zero-order chi connectivity index (χ0) is 16.9. The van der Waals surface area contributed by atoms with Gasteiger partial charge in [-0.05, 0) is 45.6 Å². The van der Waals surface area contributed by atoms with Crippen molar-refractivity contribution in [3.05, 3.63) is 35.9 Å². The molecule has 0 aromatic heterocycles. The zero-order valence-corrected chi connectivity index (χ0v) is 14.2. The van der Waals surface area contributed by atoms with Gasteiger partial charge in [0.05, 0.1) is 0 Å². The van der Waals surface area contributed by atoms with Crippen molar-refractivity contribution in [2.75, 3.05) is 6.54 Å². The molecule has 1 heterocycles. The second-order valence-electron chi connectivity index (χ2n) is 6.90. The van der Waals surface area contributed by atoms with E-state index in [-0.39, 0.29) is 5.91 Å². The van der Waals surface area contributed by atoms with E-state index < -0.39 is 17.7 Å². The molecule has 1 aliphatic rings. The highest BCUT2D eigenvalue weighted by atomic mass is 16.6. The highest BCUT2D eigenvalue weighted by Crippen LogP contribution is 2.19. The molecule has 2 rings (SSSR count). The van der Waals surface area contributed by atoms with E-state index in [1.807, 2.05) is 51.1 Å². The lowest BCUT2D eigenvalue weighted by molar-refractivity contribution is -0.126. The summed E-state index contributed by atoms with van der Waals surface area (Å²) in [5.41, 5.74) is 0.392. The number of nitrogens with zero attached hydrogens (tertiary/aromatic N) is 1. The van der Waals surface area contributed by atoms with Gasteiger partial charge in [-0.2, -0.15) is 0 Å². The summed E-state index contributed by atoms with van der Waals surface area (Å²) in [6.07, 6.45) is 2.08. The molecule has 0 spiro atoms. The first-order valence-corrected chi connectivity index (χ1v) is 8.18. The number of benzene rings is 1. The van der Waals surface area contributed by atoms with Gasteiger partial charge in [0, 0.05) is 13.1 Å². The Morgan fingerprint density at radius 1 is 1.26 bits per heavy atom. The van der Waals surface area contributed by atoms with Crippen LogP contribution in [0.3, 0.4) is 0 Å². The highest BCUT2D eigenvalue weighted by Gasteiger charge is 2.33. The number of carbonyl (C=O) groups excluding carboxylic acids is 2. The maximum Gasteiger partial charge on any atom is 0.411 e. The summed E-state index contributed by atoms with van der Waals surface area (Å²) in [5.74, 6) is -0.0932. The fourth-order valence-corrected chi connectivity index (χ4v) is 2.62. The van der Waals surface area contributed by atoms with Gasteiger partial charge in [0.15, 0.2) is 0 Å². The molecule has 0 saturated carbocycles. The molecule has 1 N–H and O–H groups in total. The van der Waals surface area contributed by atoms with E-state index in [1.54, 1.807) is 4.90 Å². The van der Waals surface area contributed by atoms with Crippen LogP contribution in [-0.2, 0) is 16.1 Å². The highest BCUT2D eigenvalue weighted by molar-refractivity contribution is 5.85. The number of rotatable bonds is 3. The van der Waals surface area contributed by atoms with Crippen molar-refractivity contribution in [2.24, 2.45) is 0 Å². The summed E-state index contributed by atoms with van der Waals surface area (Å²) in [6.45, 7) is 6.53. The van der Waals surface area contributed by atoms with Crippen LogP contribution < -0.4 is 5.32 Å². The van der Waals surface area contributed by atoms with Gasteiger partial charge in [-0.25, -0.2) is 4.79 Å². The van der Waals surface area contributed by atoms with Crippen molar-refractivity contribution in [1.29, 1.82) is 0 Å². The molecule has 1 fully saturated rings. The molecule has 1 saturated heterocycles. The molecule has 1 aromatic carbocycles. The summed E-state index contributed by atoms with van der Waals surface area (Å²) in [5, 5.41) is 2.89. The van der Waals surface area contributed by atoms with Gasteiger partial charge in [0.2, 0.25) is 5.91 Å². The van der Waals surface area contributed by atoms with Gasteiger partial charge < -0.3 is 10.1 Å². The summed E-state index contributed by atoms with van der Waals surface area (Å²) >= 11 is 0. The summed E-state index contributed by atoms with van der Waals surface area (Å²) in [6, 6.07) is 9.20. The standard InChI is InChI=1S/C18H26N2O3/c1-18(2,3)23-17(22)20(13-14-9-5-4-6-10-14)15-11-7-8-12-19-16(15)21/h4-6,9-10,15H,7-8,11-13H2,1-3H3,(H,19,21). The third kappa shape index (κ3) is 5.27. The number of hydrogen-bond acceptors (Lipinski definition) is 3. The van der Waals surface area contributed by atoms with E-state index in [4.69, 9.17) is 4.74 Å². The van der Waals surface area contributed by atoms with Crippen LogP contribution in [0.5, 0.6) is 0 Å². The maximum absolute atomic E-state index is 12.6. The predicted molar refractivity (Wildman–Crippen MR) is 88.9 cm³/mol. The number of nitrogens with one attached hydrogen (secondary N) is 1. The molecule has 1 unspecified atom stereocenters. The van der Waals surface area contributed by atoms with E-state index in [2.05, 4.69) is 5.32 Å². The molecule has 1 atom stereocenters. The summed E-state index contributed by atoms with van der Waals surface area (Å²) in [4.78, 5) is 26.6. The van der Waals surface area contributed by atoms with Gasteiger partial charge in [-0.1, -0.05) is 30.3 Å². The molecule has 1 aromatic rings. The number of ether oxygens (including phenoxy) is 1. The van der Waals surface area contributed by atoms with Crippen LogP contribution in [0, 0.1) is 0 Å². The van der Waals surface area contributed by atoms with Crippen LogP contribution in [0.2, 0.25) is 0 Å². The van der Waals surface area contributed by atoms with E-state index in [0.717, 1.165) is 18.4 Å². The monoisotopic (exact) mass is 318 g/mol. The molecule has 0 bridgehead atoms. The minimum Gasteiger partial charge on any atom is -0.444 e. The Bertz CT molecular complexity index is 537. The number of carbonyl (C=O) groups is 2. The normalized spacial score (nSPS) is 18.7. The van der Waals surface area contributed by atoms with Crippen LogP contribution in [0.4, 0.5) is 4.79 Å². The van der Waals surface area contributed by atoms with Gasteiger partial charge >= 0.3 is 6.09 Å². The first kappa shape index (κ1) is 17.3. The minimum atomic E-state index is -0.590. The average Bonchev–Trinajstić information content (AvgIpc) is 2.69. The van der Waals surface area contributed by atoms with Gasteiger partial charge in [0.25, 0.3) is 0 Å². The Kier molecular flexibility index (Phi) is 5.64.